The summed E-state index contributed by atoms with van der Waals surface area (Å²) in [6, 6.07) is 10.5. The maximum absolute atomic E-state index is 13.9. The zero-order valence-corrected chi connectivity index (χ0v) is 14.3. The Morgan fingerprint density at radius 3 is 2.63 bits per heavy atom. The number of fused-ring (bicyclic) bond motifs is 3. The second-order valence-electron chi connectivity index (χ2n) is 6.24. The minimum atomic E-state index is -1.18. The maximum Gasteiger partial charge on any atom is 0.227 e. The molecule has 0 unspecified atom stereocenters. The van der Waals surface area contributed by atoms with E-state index in [9.17, 15) is 4.39 Å². The van der Waals surface area contributed by atoms with Gasteiger partial charge >= 0.3 is 0 Å². The van der Waals surface area contributed by atoms with Crippen LogP contribution in [0.1, 0.15) is 11.0 Å². The van der Waals surface area contributed by atoms with Gasteiger partial charge in [0.2, 0.25) is 5.71 Å². The van der Waals surface area contributed by atoms with Crippen molar-refractivity contribution in [2.75, 3.05) is 0 Å². The lowest BCUT2D eigenvalue weighted by atomic mass is 10.1. The van der Waals surface area contributed by atoms with E-state index in [-0.39, 0.29) is 17.0 Å². The van der Waals surface area contributed by atoms with Gasteiger partial charge in [0.25, 0.3) is 0 Å². The Morgan fingerprint density at radius 2 is 1.81 bits per heavy atom. The summed E-state index contributed by atoms with van der Waals surface area (Å²) in [6.07, 6.45) is 1.74. The first-order valence-electron chi connectivity index (χ1n) is 10.4. The summed E-state index contributed by atoms with van der Waals surface area (Å²) in [5, 5.41) is 1.58. The highest BCUT2D eigenvalue weighted by Crippen LogP contribution is 2.35. The predicted molar refractivity (Wildman–Crippen MR) is 105 cm³/mol. The fraction of sp³-hybridized carbons (Fsp3) is 0.0435. The predicted octanol–water partition coefficient (Wildman–Crippen LogP) is 6.16. The first-order valence-corrected chi connectivity index (χ1v) is 8.38. The van der Waals surface area contributed by atoms with Crippen LogP contribution in [0.15, 0.2) is 77.2 Å². The van der Waals surface area contributed by atoms with Crippen molar-refractivity contribution in [1.29, 1.82) is 0 Å². The summed E-state index contributed by atoms with van der Waals surface area (Å²) in [4.78, 5) is 8.89. The molecular formula is C23H15FN2O. The van der Waals surface area contributed by atoms with Crippen LogP contribution in [0.5, 0.6) is 0 Å². The van der Waals surface area contributed by atoms with Crippen LogP contribution in [0.2, 0.25) is 0 Å². The first-order chi connectivity index (χ1) is 14.9. The normalized spacial score (nSPS) is 13.4. The molecule has 0 aliphatic heterocycles. The summed E-state index contributed by atoms with van der Waals surface area (Å²) < 4.78 is 51.6. The lowest BCUT2D eigenvalue weighted by Crippen LogP contribution is -1.84. The van der Waals surface area contributed by atoms with Crippen LogP contribution in [0.4, 0.5) is 4.39 Å². The van der Waals surface area contributed by atoms with Crippen molar-refractivity contribution < 1.29 is 14.3 Å². The van der Waals surface area contributed by atoms with Gasteiger partial charge < -0.3 is 4.42 Å². The number of hydrogen-bond acceptors (Lipinski definition) is 3. The third-order valence-electron chi connectivity index (χ3n) is 4.41. The molecule has 0 radical (unpaired) electrons. The van der Waals surface area contributed by atoms with Gasteiger partial charge in [0.05, 0.1) is 16.9 Å². The molecule has 0 spiro atoms. The third kappa shape index (κ3) is 2.66. The van der Waals surface area contributed by atoms with Gasteiger partial charge in [0.15, 0.2) is 0 Å². The zero-order valence-electron chi connectivity index (χ0n) is 18.3. The molecule has 0 aliphatic carbocycles. The molecule has 0 bridgehead atoms. The van der Waals surface area contributed by atoms with Gasteiger partial charge in [-0.1, -0.05) is 12.1 Å². The van der Waals surface area contributed by atoms with Crippen LogP contribution < -0.4 is 0 Å². The zero-order chi connectivity index (χ0) is 21.9. The van der Waals surface area contributed by atoms with Crippen LogP contribution in [-0.2, 0) is 0 Å². The molecule has 0 atom stereocenters. The highest BCUT2D eigenvalue weighted by molar-refractivity contribution is 6.08. The highest BCUT2D eigenvalue weighted by atomic mass is 19.1. The van der Waals surface area contributed by atoms with E-state index in [0.717, 1.165) is 27.6 Å². The van der Waals surface area contributed by atoms with Crippen molar-refractivity contribution in [2.45, 2.75) is 6.92 Å². The largest absolute Gasteiger partial charge is 0.437 e. The number of aryl methyl sites for hydroxylation is 1. The van der Waals surface area contributed by atoms with E-state index < -0.39 is 30.0 Å². The quantitative estimate of drug-likeness (QED) is 0.379. The Morgan fingerprint density at radius 1 is 0.963 bits per heavy atom. The van der Waals surface area contributed by atoms with Crippen molar-refractivity contribution in [3.05, 3.63) is 84.2 Å². The summed E-state index contributed by atoms with van der Waals surface area (Å²) >= 11 is 0. The van der Waals surface area contributed by atoms with Crippen LogP contribution >= 0.6 is 0 Å². The van der Waals surface area contributed by atoms with Crippen molar-refractivity contribution in [3.63, 3.8) is 0 Å². The van der Waals surface area contributed by atoms with Gasteiger partial charge in [0.1, 0.15) is 11.4 Å². The van der Waals surface area contributed by atoms with Gasteiger partial charge in [-0.25, -0.2) is 9.37 Å². The molecule has 3 aromatic heterocycles. The van der Waals surface area contributed by atoms with E-state index >= 15 is 0 Å². The van der Waals surface area contributed by atoms with Gasteiger partial charge in [-0.05, 0) is 67.0 Å². The molecule has 5 aromatic rings. The molecule has 5 rings (SSSR count). The van der Waals surface area contributed by atoms with Crippen molar-refractivity contribution in [2.24, 2.45) is 0 Å². The molecule has 2 aromatic carbocycles. The van der Waals surface area contributed by atoms with Gasteiger partial charge in [-0.2, -0.15) is 0 Å². The number of aromatic nitrogens is 2. The Bertz CT molecular complexity index is 1480. The second-order valence-corrected chi connectivity index (χ2v) is 6.24. The molecule has 0 amide bonds. The van der Waals surface area contributed by atoms with Gasteiger partial charge in [-0.15, -0.1) is 0 Å². The fourth-order valence-corrected chi connectivity index (χ4v) is 3.13. The smallest absolute Gasteiger partial charge is 0.227 e. The summed E-state index contributed by atoms with van der Waals surface area (Å²) in [6.45, 7) is 1.98. The van der Waals surface area contributed by atoms with E-state index in [1.807, 2.05) is 37.3 Å². The van der Waals surface area contributed by atoms with E-state index in [2.05, 4.69) is 9.97 Å². The fourth-order valence-electron chi connectivity index (χ4n) is 3.13. The molecule has 130 valence electrons. The van der Waals surface area contributed by atoms with Crippen LogP contribution in [0.25, 0.3) is 44.6 Å². The first kappa shape index (κ1) is 12.0. The number of pyridine rings is 2. The van der Waals surface area contributed by atoms with E-state index in [1.54, 1.807) is 18.3 Å². The van der Waals surface area contributed by atoms with Gasteiger partial charge in [0, 0.05) is 28.1 Å². The lowest BCUT2D eigenvalue weighted by Gasteiger charge is -2.02. The molecular weight excluding hydrogens is 339 g/mol. The van der Waals surface area contributed by atoms with Crippen LogP contribution in [0, 0.1) is 12.7 Å². The summed E-state index contributed by atoms with van der Waals surface area (Å²) in [5.74, 6) is -1.18. The second kappa shape index (κ2) is 6.02. The molecule has 3 heterocycles. The van der Waals surface area contributed by atoms with Crippen LogP contribution in [0.3, 0.4) is 0 Å². The molecule has 0 fully saturated rings. The monoisotopic (exact) mass is 358 g/mol. The molecule has 0 saturated carbocycles. The number of hydrogen-bond donors (Lipinski definition) is 0. The molecule has 27 heavy (non-hydrogen) atoms. The minimum absolute atomic E-state index is 0.0701. The van der Waals surface area contributed by atoms with Crippen molar-refractivity contribution in [3.8, 4) is 22.5 Å². The summed E-state index contributed by atoms with van der Waals surface area (Å²) in [5.41, 5.74) is 3.65. The summed E-state index contributed by atoms with van der Waals surface area (Å²) in [7, 11) is 0. The molecule has 0 N–H and O–H groups in total. The number of furan rings is 1. The number of halogens is 1. The van der Waals surface area contributed by atoms with Crippen LogP contribution in [-0.4, -0.2) is 9.97 Å². The standard InChI is InChI=1S/C23H15FN2O/c1-14-11-12-25-21(13-14)19-4-2-3-17-18-9-10-20(26-23(18)27-22(17)19)15-5-7-16(24)8-6-15/h2-13H,1H3/i5D,6D,7D,8D. The average Bonchev–Trinajstić information content (AvgIpc) is 3.14. The Hall–Kier alpha value is -3.53. The minimum Gasteiger partial charge on any atom is -0.437 e. The molecule has 0 saturated heterocycles. The molecule has 0 aliphatic rings. The highest BCUT2D eigenvalue weighted by Gasteiger charge is 2.14. The Kier molecular flexibility index (Phi) is 2.67. The Labute approximate surface area is 160 Å². The topological polar surface area (TPSA) is 38.9 Å². The number of rotatable bonds is 2. The molecule has 4 heteroatoms. The number of benzene rings is 2. The van der Waals surface area contributed by atoms with Crippen molar-refractivity contribution >= 4 is 22.1 Å². The SMILES string of the molecule is [2H]c1c([2H])c(-c2ccc3c(n2)oc2c(-c4cc(C)ccn4)cccc23)c([2H])c([2H])c1F. The van der Waals surface area contributed by atoms with E-state index in [4.69, 9.17) is 9.90 Å². The number of nitrogens with zero attached hydrogens (tertiary/aromatic N) is 2. The molecule has 3 nitrogen and oxygen atoms in total. The van der Waals surface area contributed by atoms with E-state index in [0.29, 0.717) is 5.58 Å². The Balaban J connectivity index is 1.76. The lowest BCUT2D eigenvalue weighted by molar-refractivity contribution is 0.628. The third-order valence-corrected chi connectivity index (χ3v) is 4.41. The van der Waals surface area contributed by atoms with Gasteiger partial charge in [-0.3, -0.25) is 4.98 Å². The maximum atomic E-state index is 13.9. The van der Waals surface area contributed by atoms with Crippen molar-refractivity contribution in [1.82, 2.24) is 9.97 Å². The average molecular weight is 358 g/mol. The van der Waals surface area contributed by atoms with E-state index in [1.165, 1.54) is 0 Å². The number of para-hydroxylation sites is 1.